The minimum atomic E-state index is -0.179. The van der Waals surface area contributed by atoms with E-state index < -0.39 is 0 Å². The van der Waals surface area contributed by atoms with Gasteiger partial charge in [-0.15, -0.1) is 0 Å². The molecule has 0 atom stereocenters. The van der Waals surface area contributed by atoms with E-state index in [1.807, 2.05) is 13.0 Å². The Morgan fingerprint density at radius 1 is 1.52 bits per heavy atom. The minimum Gasteiger partial charge on any atom is -0.352 e. The number of hydrogen-bond donors (Lipinski definition) is 1. The summed E-state index contributed by atoms with van der Waals surface area (Å²) in [5, 5.41) is 16.5. The predicted molar refractivity (Wildman–Crippen MR) is 80.1 cm³/mol. The lowest BCUT2D eigenvalue weighted by atomic mass is 10.1. The van der Waals surface area contributed by atoms with E-state index in [-0.39, 0.29) is 5.91 Å². The second kappa shape index (κ2) is 6.91. The van der Waals surface area contributed by atoms with Crippen LogP contribution in [0.25, 0.3) is 0 Å². The van der Waals surface area contributed by atoms with Crippen LogP contribution in [-0.4, -0.2) is 22.2 Å². The highest BCUT2D eigenvalue weighted by atomic mass is 35.5. The van der Waals surface area contributed by atoms with Crippen LogP contribution < -0.4 is 5.32 Å². The average Bonchev–Trinajstić information content (AvgIpc) is 2.82. The molecule has 0 radical (unpaired) electrons. The van der Waals surface area contributed by atoms with Crippen molar-refractivity contribution in [2.75, 3.05) is 6.54 Å². The summed E-state index contributed by atoms with van der Waals surface area (Å²) in [5.74, 6) is -0.179. The first-order chi connectivity index (χ1) is 10.1. The molecule has 2 aromatic rings. The van der Waals surface area contributed by atoms with Gasteiger partial charge in [0.1, 0.15) is 0 Å². The number of aromatic nitrogens is 2. The number of rotatable bonds is 5. The zero-order chi connectivity index (χ0) is 15.2. The highest BCUT2D eigenvalue weighted by Crippen LogP contribution is 2.12. The first-order valence-corrected chi connectivity index (χ1v) is 6.96. The molecule has 21 heavy (non-hydrogen) atoms. The van der Waals surface area contributed by atoms with Crippen LogP contribution in [0.5, 0.6) is 0 Å². The van der Waals surface area contributed by atoms with Gasteiger partial charge < -0.3 is 5.32 Å². The zero-order valence-corrected chi connectivity index (χ0v) is 12.4. The van der Waals surface area contributed by atoms with Crippen molar-refractivity contribution in [3.63, 3.8) is 0 Å². The van der Waals surface area contributed by atoms with Crippen LogP contribution in [0, 0.1) is 18.3 Å². The van der Waals surface area contributed by atoms with E-state index in [2.05, 4.69) is 10.4 Å². The Morgan fingerprint density at radius 2 is 2.33 bits per heavy atom. The topological polar surface area (TPSA) is 70.7 Å². The lowest BCUT2D eigenvalue weighted by Gasteiger charge is -2.05. The number of benzene rings is 1. The molecule has 0 fully saturated rings. The maximum atomic E-state index is 11.9. The summed E-state index contributed by atoms with van der Waals surface area (Å²) in [5.41, 5.74) is 1.77. The number of nitrogens with zero attached hydrogens (tertiary/aromatic N) is 3. The Hall–Kier alpha value is -2.32. The zero-order valence-electron chi connectivity index (χ0n) is 11.6. The molecule has 1 N–H and O–H groups in total. The van der Waals surface area contributed by atoms with E-state index in [1.54, 1.807) is 35.1 Å². The molecule has 1 aromatic carbocycles. The molecule has 5 nitrogen and oxygen atoms in total. The summed E-state index contributed by atoms with van der Waals surface area (Å²) in [6.45, 7) is 3.07. The van der Waals surface area contributed by atoms with Crippen LogP contribution in [0.15, 0.2) is 30.5 Å². The summed E-state index contributed by atoms with van der Waals surface area (Å²) in [7, 11) is 0. The molecule has 0 aliphatic carbocycles. The third-order valence-electron chi connectivity index (χ3n) is 2.99. The fourth-order valence-corrected chi connectivity index (χ4v) is 2.03. The highest BCUT2D eigenvalue weighted by Gasteiger charge is 2.06. The first kappa shape index (κ1) is 15.1. The van der Waals surface area contributed by atoms with Gasteiger partial charge in [-0.2, -0.15) is 10.4 Å². The van der Waals surface area contributed by atoms with Crippen molar-refractivity contribution >= 4 is 17.5 Å². The fraction of sp³-hybridized carbons (Fsp3) is 0.267. The van der Waals surface area contributed by atoms with Crippen LogP contribution in [0.2, 0.25) is 5.02 Å². The van der Waals surface area contributed by atoms with E-state index >= 15 is 0 Å². The molecule has 0 unspecified atom stereocenters. The van der Waals surface area contributed by atoms with Gasteiger partial charge in [0, 0.05) is 24.8 Å². The smallest absolute Gasteiger partial charge is 0.251 e. The molecule has 0 aliphatic heterocycles. The van der Waals surface area contributed by atoms with E-state index in [9.17, 15) is 4.79 Å². The second-order valence-corrected chi connectivity index (χ2v) is 5.03. The van der Waals surface area contributed by atoms with Crippen molar-refractivity contribution in [2.45, 2.75) is 19.9 Å². The Morgan fingerprint density at radius 3 is 3.00 bits per heavy atom. The molecule has 6 heteroatoms. The third-order valence-corrected chi connectivity index (χ3v) is 3.36. The van der Waals surface area contributed by atoms with E-state index in [1.165, 1.54) is 0 Å². The number of carbonyl (C=O) groups is 1. The lowest BCUT2D eigenvalue weighted by Crippen LogP contribution is -2.25. The molecule has 108 valence electrons. The summed E-state index contributed by atoms with van der Waals surface area (Å²) >= 11 is 5.92. The molecule has 0 bridgehead atoms. The molecule has 0 aliphatic rings. The maximum absolute atomic E-state index is 11.9. The van der Waals surface area contributed by atoms with Crippen LogP contribution >= 0.6 is 11.6 Å². The molecule has 0 saturated heterocycles. The van der Waals surface area contributed by atoms with Crippen LogP contribution in [-0.2, 0) is 6.54 Å². The minimum absolute atomic E-state index is 0.179. The van der Waals surface area contributed by atoms with Crippen molar-refractivity contribution < 1.29 is 4.79 Å². The predicted octanol–water partition coefficient (Wildman–Crippen LogP) is 2.54. The van der Waals surface area contributed by atoms with Crippen molar-refractivity contribution in [3.8, 4) is 6.07 Å². The van der Waals surface area contributed by atoms with Crippen LogP contribution in [0.3, 0.4) is 0 Å². The molecular weight excluding hydrogens is 288 g/mol. The van der Waals surface area contributed by atoms with Gasteiger partial charge in [-0.1, -0.05) is 17.7 Å². The number of aryl methyl sites for hydroxylation is 2. The number of nitriles is 1. The van der Waals surface area contributed by atoms with E-state index in [0.717, 1.165) is 12.1 Å². The van der Waals surface area contributed by atoms with E-state index in [0.29, 0.717) is 29.2 Å². The summed E-state index contributed by atoms with van der Waals surface area (Å²) < 4.78 is 1.76. The number of amides is 1. The normalized spacial score (nSPS) is 10.1. The summed E-state index contributed by atoms with van der Waals surface area (Å²) in [4.78, 5) is 11.9. The van der Waals surface area contributed by atoms with Gasteiger partial charge in [0.05, 0.1) is 22.3 Å². The molecular formula is C15H15ClN4O. The van der Waals surface area contributed by atoms with Crippen molar-refractivity contribution in [2.24, 2.45) is 0 Å². The van der Waals surface area contributed by atoms with Gasteiger partial charge in [0.2, 0.25) is 0 Å². The van der Waals surface area contributed by atoms with Crippen molar-refractivity contribution in [1.29, 1.82) is 5.26 Å². The standard InChI is InChI=1S/C15H15ClN4O/c1-11-14(16)10-20(19-11)7-3-6-18-15(21)13-5-2-4-12(8-13)9-17/h2,4-5,8,10H,3,6-7H2,1H3,(H,18,21). The molecule has 2 rings (SSSR count). The highest BCUT2D eigenvalue weighted by molar-refractivity contribution is 6.31. The Bertz CT molecular complexity index is 668. The number of carbonyl (C=O) groups excluding carboxylic acids is 1. The SMILES string of the molecule is Cc1nn(CCCNC(=O)c2cccc(C#N)c2)cc1Cl. The van der Waals surface area contributed by atoms with Gasteiger partial charge in [-0.25, -0.2) is 0 Å². The summed E-state index contributed by atoms with van der Waals surface area (Å²) in [6.07, 6.45) is 2.52. The van der Waals surface area contributed by atoms with Crippen molar-refractivity contribution in [3.05, 3.63) is 52.3 Å². The number of halogens is 1. The molecule has 0 spiro atoms. The number of nitrogens with one attached hydrogen (secondary N) is 1. The van der Waals surface area contributed by atoms with E-state index in [4.69, 9.17) is 16.9 Å². The molecule has 1 amide bonds. The third kappa shape index (κ3) is 4.07. The fourth-order valence-electron chi connectivity index (χ4n) is 1.88. The largest absolute Gasteiger partial charge is 0.352 e. The summed E-state index contributed by atoms with van der Waals surface area (Å²) in [6, 6.07) is 8.64. The number of hydrogen-bond acceptors (Lipinski definition) is 3. The molecule has 1 aromatic heterocycles. The van der Waals surface area contributed by atoms with Crippen LogP contribution in [0.1, 0.15) is 28.0 Å². The quantitative estimate of drug-likeness (QED) is 0.863. The van der Waals surface area contributed by atoms with Gasteiger partial charge in [0.25, 0.3) is 5.91 Å². The van der Waals surface area contributed by atoms with Gasteiger partial charge in [-0.05, 0) is 31.5 Å². The Labute approximate surface area is 128 Å². The monoisotopic (exact) mass is 302 g/mol. The Balaban J connectivity index is 1.80. The van der Waals surface area contributed by atoms with Gasteiger partial charge in [0.15, 0.2) is 0 Å². The van der Waals surface area contributed by atoms with Gasteiger partial charge in [-0.3, -0.25) is 9.48 Å². The second-order valence-electron chi connectivity index (χ2n) is 4.63. The van der Waals surface area contributed by atoms with Crippen LogP contribution in [0.4, 0.5) is 0 Å². The molecule has 0 saturated carbocycles. The first-order valence-electron chi connectivity index (χ1n) is 6.58. The average molecular weight is 303 g/mol. The molecule has 1 heterocycles. The van der Waals surface area contributed by atoms with Gasteiger partial charge >= 0.3 is 0 Å². The van der Waals surface area contributed by atoms with Crippen molar-refractivity contribution in [1.82, 2.24) is 15.1 Å². The lowest BCUT2D eigenvalue weighted by molar-refractivity contribution is 0.0952. The maximum Gasteiger partial charge on any atom is 0.251 e. The Kier molecular flexibility index (Phi) is 4.96.